The zero-order chi connectivity index (χ0) is 27.2. The fourth-order valence-corrected chi connectivity index (χ4v) is 8.44. The van der Waals surface area contributed by atoms with Gasteiger partial charge in [-0.15, -0.1) is 17.8 Å². The predicted octanol–water partition coefficient (Wildman–Crippen LogP) is 3.15. The predicted molar refractivity (Wildman–Crippen MR) is 144 cm³/mol. The summed E-state index contributed by atoms with van der Waals surface area (Å²) < 4.78 is 28.7. The van der Waals surface area contributed by atoms with E-state index in [2.05, 4.69) is 17.6 Å². The highest BCUT2D eigenvalue weighted by Gasteiger charge is 2.59. The van der Waals surface area contributed by atoms with Crippen molar-refractivity contribution in [1.82, 2.24) is 9.88 Å². The van der Waals surface area contributed by atoms with Crippen LogP contribution < -0.4 is 4.72 Å². The average Bonchev–Trinajstić information content (AvgIpc) is 3.24. The van der Waals surface area contributed by atoms with Crippen LogP contribution in [0.5, 0.6) is 0 Å². The second-order valence-electron chi connectivity index (χ2n) is 10.9. The summed E-state index contributed by atoms with van der Waals surface area (Å²) in [4.78, 5) is 20.4. The summed E-state index contributed by atoms with van der Waals surface area (Å²) in [7, 11) is -2.18. The van der Waals surface area contributed by atoms with Crippen LogP contribution in [0, 0.1) is 36.0 Å². The van der Waals surface area contributed by atoms with Crippen LogP contribution in [-0.4, -0.2) is 60.7 Å². The Labute approximate surface area is 223 Å². The molecule has 0 radical (unpaired) electrons. The zero-order valence-corrected chi connectivity index (χ0v) is 23.3. The summed E-state index contributed by atoms with van der Waals surface area (Å²) in [6.45, 7) is 5.89. The number of aromatic nitrogens is 1. The minimum absolute atomic E-state index is 0.123. The van der Waals surface area contributed by atoms with Crippen LogP contribution >= 0.6 is 11.3 Å². The highest BCUT2D eigenvalue weighted by molar-refractivity contribution is 7.93. The van der Waals surface area contributed by atoms with Crippen molar-refractivity contribution in [2.45, 2.75) is 63.4 Å². The van der Waals surface area contributed by atoms with Gasteiger partial charge in [0.05, 0.1) is 29.8 Å². The maximum atomic E-state index is 13.2. The number of aryl methyl sites for hydroxylation is 1. The molecule has 200 valence electrons. The number of aliphatic hydroxyl groups excluding tert-OH is 2. The van der Waals surface area contributed by atoms with Gasteiger partial charge in [-0.2, -0.15) is 0 Å². The van der Waals surface area contributed by atoms with Crippen LogP contribution in [0.4, 0.5) is 5.13 Å². The summed E-state index contributed by atoms with van der Waals surface area (Å²) in [5, 5.41) is 21.5. The zero-order valence-electron chi connectivity index (χ0n) is 21.7. The molecule has 2 aliphatic carbocycles. The number of benzene rings is 1. The minimum Gasteiger partial charge on any atom is -0.396 e. The molecule has 2 aliphatic rings. The van der Waals surface area contributed by atoms with Gasteiger partial charge < -0.3 is 15.1 Å². The summed E-state index contributed by atoms with van der Waals surface area (Å²) in [6.07, 6.45) is 6.60. The largest absolute Gasteiger partial charge is 0.396 e. The van der Waals surface area contributed by atoms with Crippen molar-refractivity contribution < 1.29 is 23.4 Å². The van der Waals surface area contributed by atoms with Crippen molar-refractivity contribution >= 4 is 32.4 Å². The first-order valence-electron chi connectivity index (χ1n) is 12.4. The van der Waals surface area contributed by atoms with Gasteiger partial charge in [-0.25, -0.2) is 13.4 Å². The molecule has 1 heterocycles. The molecule has 37 heavy (non-hydrogen) atoms. The Balaban J connectivity index is 1.75. The van der Waals surface area contributed by atoms with E-state index >= 15 is 0 Å². The molecule has 0 spiro atoms. The lowest BCUT2D eigenvalue weighted by Crippen LogP contribution is -2.57. The van der Waals surface area contributed by atoms with E-state index in [1.807, 2.05) is 13.8 Å². The van der Waals surface area contributed by atoms with Crippen molar-refractivity contribution in [2.75, 3.05) is 24.9 Å². The molecule has 1 saturated carbocycles. The standard InChI is InChI=1S/C27H35N3O5S2/c1-6-13-30(5)23(33)14-19-24-20(15-21-26(19,3)12-11-22(32)27(21,4)16-31)36-25(28-24)29-37(34,35)18-9-7-17(2)8-10-18/h1,7-10,19,21-22,31-32H,11-16H2,2-5H3,(H,28,29). The van der Waals surface area contributed by atoms with E-state index in [1.165, 1.54) is 16.2 Å². The SMILES string of the molecule is C#CCN(C)C(=O)CC1c2nc(NS(=O)(=O)c3ccc(C)cc3)sc2CC2C(C)(CO)C(O)CCC12C. The minimum atomic E-state index is -3.85. The summed E-state index contributed by atoms with van der Waals surface area (Å²) in [6, 6.07) is 6.58. The number of nitrogens with one attached hydrogen (secondary N) is 1. The Hall–Kier alpha value is -2.45. The maximum absolute atomic E-state index is 13.2. The van der Waals surface area contributed by atoms with Crippen molar-refractivity contribution in [1.29, 1.82) is 0 Å². The monoisotopic (exact) mass is 545 g/mol. The highest BCUT2D eigenvalue weighted by Crippen LogP contribution is 2.63. The van der Waals surface area contributed by atoms with Crippen LogP contribution in [0.15, 0.2) is 29.2 Å². The van der Waals surface area contributed by atoms with Crippen LogP contribution in [-0.2, 0) is 21.2 Å². The smallest absolute Gasteiger partial charge is 0.263 e. The normalized spacial score (nSPS) is 29.1. The van der Waals surface area contributed by atoms with Gasteiger partial charge in [0, 0.05) is 29.7 Å². The fourth-order valence-electron chi connectivity index (χ4n) is 6.14. The number of carbonyl (C=O) groups excluding carboxylic acids is 1. The lowest BCUT2D eigenvalue weighted by molar-refractivity contribution is -0.146. The molecule has 2 aromatic rings. The number of rotatable bonds is 7. The molecule has 1 amide bonds. The third-order valence-electron chi connectivity index (χ3n) is 8.58. The van der Waals surface area contributed by atoms with Gasteiger partial charge >= 0.3 is 0 Å². The number of carbonyl (C=O) groups is 1. The molecule has 0 bridgehead atoms. The van der Waals surface area contributed by atoms with E-state index in [0.29, 0.717) is 25.0 Å². The Kier molecular flexibility index (Phi) is 7.47. The van der Waals surface area contributed by atoms with Crippen LogP contribution in [0.2, 0.25) is 0 Å². The van der Waals surface area contributed by atoms with E-state index in [1.54, 1.807) is 31.3 Å². The average molecular weight is 546 g/mol. The number of thiazole rings is 1. The number of sulfonamides is 1. The maximum Gasteiger partial charge on any atom is 0.263 e. The van der Waals surface area contributed by atoms with Crippen LogP contribution in [0.3, 0.4) is 0 Å². The van der Waals surface area contributed by atoms with Gasteiger partial charge in [-0.3, -0.25) is 9.52 Å². The van der Waals surface area contributed by atoms with Gasteiger partial charge in [-0.1, -0.05) is 37.5 Å². The Morgan fingerprint density at radius 3 is 2.62 bits per heavy atom. The molecule has 4 rings (SSSR count). The topological polar surface area (TPSA) is 120 Å². The van der Waals surface area contributed by atoms with Crippen molar-refractivity contribution in [3.8, 4) is 12.3 Å². The lowest BCUT2D eigenvalue weighted by Gasteiger charge is -2.58. The molecule has 10 heteroatoms. The van der Waals surface area contributed by atoms with E-state index in [0.717, 1.165) is 10.4 Å². The highest BCUT2D eigenvalue weighted by atomic mass is 32.2. The van der Waals surface area contributed by atoms with E-state index < -0.39 is 27.0 Å². The first kappa shape index (κ1) is 27.6. The second kappa shape index (κ2) is 10.0. The van der Waals surface area contributed by atoms with Gasteiger partial charge in [0.15, 0.2) is 5.13 Å². The quantitative estimate of drug-likeness (QED) is 0.460. The van der Waals surface area contributed by atoms with E-state index in [-0.39, 0.29) is 47.3 Å². The van der Waals surface area contributed by atoms with E-state index in [9.17, 15) is 23.4 Å². The van der Waals surface area contributed by atoms with Gasteiger partial charge in [0.2, 0.25) is 5.91 Å². The summed E-state index contributed by atoms with van der Waals surface area (Å²) in [5.74, 6) is 1.93. The third kappa shape index (κ3) is 4.90. The number of terminal acetylenes is 1. The molecular weight excluding hydrogens is 510 g/mol. The van der Waals surface area contributed by atoms with Crippen molar-refractivity contribution in [3.63, 3.8) is 0 Å². The van der Waals surface area contributed by atoms with Crippen molar-refractivity contribution in [2.24, 2.45) is 16.7 Å². The van der Waals surface area contributed by atoms with Gasteiger partial charge in [-0.05, 0) is 49.7 Å². The number of aliphatic hydroxyl groups is 2. The molecule has 1 aromatic carbocycles. The molecular formula is C27H35N3O5S2. The molecule has 0 saturated heterocycles. The Morgan fingerprint density at radius 2 is 2.00 bits per heavy atom. The van der Waals surface area contributed by atoms with Crippen LogP contribution in [0.25, 0.3) is 0 Å². The Bertz CT molecular complexity index is 1320. The van der Waals surface area contributed by atoms with Crippen LogP contribution in [0.1, 0.15) is 55.2 Å². The number of amides is 1. The molecule has 5 unspecified atom stereocenters. The first-order chi connectivity index (χ1) is 17.4. The molecule has 5 atom stereocenters. The summed E-state index contributed by atoms with van der Waals surface area (Å²) in [5.41, 5.74) is 0.472. The second-order valence-corrected chi connectivity index (χ2v) is 13.7. The summed E-state index contributed by atoms with van der Waals surface area (Å²) >= 11 is 1.25. The third-order valence-corrected chi connectivity index (χ3v) is 11.1. The number of hydrogen-bond acceptors (Lipinski definition) is 7. The van der Waals surface area contributed by atoms with Gasteiger partial charge in [0.25, 0.3) is 10.0 Å². The number of anilines is 1. The molecule has 1 fully saturated rings. The number of fused-ring (bicyclic) bond motifs is 2. The molecule has 0 aliphatic heterocycles. The number of nitrogens with zero attached hydrogens (tertiary/aromatic N) is 2. The van der Waals surface area contributed by atoms with Crippen molar-refractivity contribution in [3.05, 3.63) is 40.4 Å². The molecule has 3 N–H and O–H groups in total. The lowest BCUT2D eigenvalue weighted by atomic mass is 9.47. The Morgan fingerprint density at radius 1 is 1.32 bits per heavy atom. The number of hydrogen-bond donors (Lipinski definition) is 3. The molecule has 8 nitrogen and oxygen atoms in total. The fraction of sp³-hybridized carbons (Fsp3) is 0.556. The molecule has 1 aromatic heterocycles. The first-order valence-corrected chi connectivity index (χ1v) is 14.7. The van der Waals surface area contributed by atoms with Gasteiger partial charge in [0.1, 0.15) is 0 Å². The van der Waals surface area contributed by atoms with E-state index in [4.69, 9.17) is 11.4 Å².